The van der Waals surface area contributed by atoms with Crippen molar-refractivity contribution in [2.75, 3.05) is 7.11 Å². The highest BCUT2D eigenvalue weighted by atomic mass is 35.5. The Morgan fingerprint density at radius 1 is 1.48 bits per heavy atom. The Bertz CT molecular complexity index is 502. The van der Waals surface area contributed by atoms with E-state index in [9.17, 15) is 9.35 Å². The van der Waals surface area contributed by atoms with E-state index in [2.05, 4.69) is 4.72 Å². The van der Waals surface area contributed by atoms with Crippen LogP contribution in [0.3, 0.4) is 0 Å². The molecule has 0 bridgehead atoms. The van der Waals surface area contributed by atoms with Crippen LogP contribution >= 0.6 is 11.6 Å². The Morgan fingerprint density at radius 3 is 2.62 bits per heavy atom. The van der Waals surface area contributed by atoms with Crippen molar-refractivity contribution in [1.82, 2.24) is 4.72 Å². The molecule has 1 rings (SSSR count). The summed E-state index contributed by atoms with van der Waals surface area (Å²) in [5, 5.41) is 0.535. The molecule has 0 amide bonds. The van der Waals surface area contributed by atoms with Gasteiger partial charge >= 0.3 is 5.97 Å². The molecule has 118 valence electrons. The Balaban J connectivity index is 3.07. The maximum atomic E-state index is 12.3. The molecule has 6 heteroatoms. The van der Waals surface area contributed by atoms with E-state index in [-0.39, 0.29) is 12.4 Å². The fourth-order valence-corrected chi connectivity index (χ4v) is 2.77. The molecule has 0 aliphatic rings. The van der Waals surface area contributed by atoms with E-state index >= 15 is 0 Å². The predicted octanol–water partition coefficient (Wildman–Crippen LogP) is 3.30. The number of hydrogen-bond donors (Lipinski definition) is 1. The fraction of sp³-hybridized carbons (Fsp3) is 0.533. The highest BCUT2D eigenvalue weighted by molar-refractivity contribution is 7.90. The SMILES string of the molecule is COC(=O)C[C@H](N[S@+]([O-])C(C)(C)C)c1cc(C)ccc1Cl. The number of aryl methyl sites for hydroxylation is 1. The fourth-order valence-electron chi connectivity index (χ4n) is 1.70. The summed E-state index contributed by atoms with van der Waals surface area (Å²) in [4.78, 5) is 11.6. The minimum Gasteiger partial charge on any atom is -0.598 e. The largest absolute Gasteiger partial charge is 0.598 e. The third kappa shape index (κ3) is 5.51. The zero-order chi connectivity index (χ0) is 16.2. The van der Waals surface area contributed by atoms with E-state index in [0.717, 1.165) is 11.1 Å². The summed E-state index contributed by atoms with van der Waals surface area (Å²) in [5.74, 6) is -0.379. The molecule has 0 saturated heterocycles. The molecule has 2 atom stereocenters. The molecule has 0 radical (unpaired) electrons. The number of benzene rings is 1. The maximum Gasteiger partial charge on any atom is 0.307 e. The topological polar surface area (TPSA) is 61.4 Å². The van der Waals surface area contributed by atoms with E-state index in [1.165, 1.54) is 7.11 Å². The number of esters is 1. The molecule has 1 aromatic rings. The van der Waals surface area contributed by atoms with Gasteiger partial charge in [-0.1, -0.05) is 29.3 Å². The summed E-state index contributed by atoms with van der Waals surface area (Å²) >= 11 is 4.91. The molecule has 21 heavy (non-hydrogen) atoms. The van der Waals surface area contributed by atoms with Crippen LogP contribution in [0.15, 0.2) is 18.2 Å². The number of carbonyl (C=O) groups is 1. The number of rotatable bonds is 5. The number of hydrogen-bond acceptors (Lipinski definition) is 4. The number of carbonyl (C=O) groups excluding carboxylic acids is 1. The first-order valence-electron chi connectivity index (χ1n) is 6.66. The molecule has 1 N–H and O–H groups in total. The Hall–Kier alpha value is -0.750. The van der Waals surface area contributed by atoms with Gasteiger partial charge in [0.05, 0.1) is 19.6 Å². The van der Waals surface area contributed by atoms with Crippen LogP contribution in [0.4, 0.5) is 0 Å². The van der Waals surface area contributed by atoms with Gasteiger partial charge in [-0.15, -0.1) is 4.72 Å². The Morgan fingerprint density at radius 2 is 2.10 bits per heavy atom. The average molecular weight is 332 g/mol. The molecular formula is C15H22ClNO3S. The number of halogens is 1. The summed E-state index contributed by atoms with van der Waals surface area (Å²) < 4.78 is 19.6. The predicted molar refractivity (Wildman–Crippen MR) is 86.6 cm³/mol. The molecule has 1 aromatic carbocycles. The summed E-state index contributed by atoms with van der Waals surface area (Å²) in [6.07, 6.45) is 0.0709. The van der Waals surface area contributed by atoms with Crippen molar-refractivity contribution in [3.05, 3.63) is 34.3 Å². The monoisotopic (exact) mass is 331 g/mol. The second kappa shape index (κ2) is 7.49. The van der Waals surface area contributed by atoms with Crippen molar-refractivity contribution in [3.63, 3.8) is 0 Å². The van der Waals surface area contributed by atoms with E-state index in [1.54, 1.807) is 6.07 Å². The second-order valence-electron chi connectivity index (χ2n) is 5.86. The van der Waals surface area contributed by atoms with Crippen molar-refractivity contribution >= 4 is 28.9 Å². The lowest BCUT2D eigenvalue weighted by atomic mass is 10.0. The summed E-state index contributed by atoms with van der Waals surface area (Å²) in [5.41, 5.74) is 1.77. The van der Waals surface area contributed by atoms with Crippen molar-refractivity contribution < 1.29 is 14.1 Å². The standard InChI is InChI=1S/C15H22ClNO3S/c1-10-6-7-12(16)11(8-10)13(9-14(18)20-5)17-21(19)15(2,3)4/h6-8,13,17H,9H2,1-5H3/t13-,21+/m0/s1. The second-order valence-corrected chi connectivity index (χ2v) is 8.26. The highest BCUT2D eigenvalue weighted by Crippen LogP contribution is 2.29. The van der Waals surface area contributed by atoms with Crippen LogP contribution in [-0.4, -0.2) is 22.4 Å². The van der Waals surface area contributed by atoms with Crippen LogP contribution in [0.1, 0.15) is 44.4 Å². The maximum absolute atomic E-state index is 12.3. The van der Waals surface area contributed by atoms with E-state index < -0.39 is 22.2 Å². The third-order valence-corrected chi connectivity index (χ3v) is 4.89. The molecule has 4 nitrogen and oxygen atoms in total. The number of methoxy groups -OCH3 is 1. The van der Waals surface area contributed by atoms with Crippen molar-refractivity contribution in [3.8, 4) is 0 Å². The quantitative estimate of drug-likeness (QED) is 0.664. The molecule has 0 aliphatic heterocycles. The van der Waals surface area contributed by atoms with E-state index in [1.807, 2.05) is 39.8 Å². The number of ether oxygens (including phenoxy) is 1. The zero-order valence-electron chi connectivity index (χ0n) is 13.0. The average Bonchev–Trinajstić information content (AvgIpc) is 2.39. The van der Waals surface area contributed by atoms with Gasteiger partial charge < -0.3 is 9.29 Å². The van der Waals surface area contributed by atoms with Crippen molar-refractivity contribution in [2.45, 2.75) is 44.9 Å². The van der Waals surface area contributed by atoms with Gasteiger partial charge in [-0.25, -0.2) is 0 Å². The molecule has 0 heterocycles. The summed E-state index contributed by atoms with van der Waals surface area (Å²) in [7, 11) is 1.33. The van der Waals surface area contributed by atoms with Gasteiger partial charge in [0.15, 0.2) is 0 Å². The van der Waals surface area contributed by atoms with Crippen LogP contribution < -0.4 is 4.72 Å². The van der Waals surface area contributed by atoms with E-state index in [4.69, 9.17) is 16.3 Å². The Labute approximate surface area is 134 Å². The van der Waals surface area contributed by atoms with Crippen molar-refractivity contribution in [1.29, 1.82) is 0 Å². The van der Waals surface area contributed by atoms with Gasteiger partial charge in [-0.3, -0.25) is 4.79 Å². The van der Waals surface area contributed by atoms with Crippen LogP contribution in [0.5, 0.6) is 0 Å². The molecule has 0 aromatic heterocycles. The van der Waals surface area contributed by atoms with Gasteiger partial charge in [0.1, 0.15) is 4.75 Å². The lowest BCUT2D eigenvalue weighted by molar-refractivity contribution is -0.141. The molecule has 0 unspecified atom stereocenters. The molecular weight excluding hydrogens is 310 g/mol. The molecule has 0 aliphatic carbocycles. The van der Waals surface area contributed by atoms with Crippen LogP contribution in [-0.2, 0) is 20.9 Å². The van der Waals surface area contributed by atoms with Gasteiger partial charge in [0, 0.05) is 16.4 Å². The first kappa shape index (κ1) is 18.3. The highest BCUT2D eigenvalue weighted by Gasteiger charge is 2.31. The third-order valence-electron chi connectivity index (χ3n) is 2.93. The molecule has 0 fully saturated rings. The Kier molecular flexibility index (Phi) is 6.53. The van der Waals surface area contributed by atoms with Crippen LogP contribution in [0.2, 0.25) is 5.02 Å². The zero-order valence-corrected chi connectivity index (χ0v) is 14.6. The van der Waals surface area contributed by atoms with Gasteiger partial charge in [0.2, 0.25) is 0 Å². The minimum atomic E-state index is -1.32. The lowest BCUT2D eigenvalue weighted by Crippen LogP contribution is -2.42. The normalized spacial score (nSPS) is 14.6. The van der Waals surface area contributed by atoms with Gasteiger partial charge in [0.25, 0.3) is 0 Å². The summed E-state index contributed by atoms with van der Waals surface area (Å²) in [6.45, 7) is 7.53. The van der Waals surface area contributed by atoms with E-state index in [0.29, 0.717) is 5.02 Å². The molecule has 0 saturated carbocycles. The first-order chi connectivity index (χ1) is 9.65. The van der Waals surface area contributed by atoms with Gasteiger partial charge in [-0.05, 0) is 39.3 Å². The number of nitrogens with one attached hydrogen (secondary N) is 1. The molecule has 0 spiro atoms. The van der Waals surface area contributed by atoms with Crippen LogP contribution in [0, 0.1) is 6.92 Å². The minimum absolute atomic E-state index is 0.0709. The smallest absolute Gasteiger partial charge is 0.307 e. The van der Waals surface area contributed by atoms with Crippen LogP contribution in [0.25, 0.3) is 0 Å². The first-order valence-corrected chi connectivity index (χ1v) is 8.19. The summed E-state index contributed by atoms with van der Waals surface area (Å²) in [6, 6.07) is 5.10. The van der Waals surface area contributed by atoms with Crippen molar-refractivity contribution in [2.24, 2.45) is 0 Å². The lowest BCUT2D eigenvalue weighted by Gasteiger charge is -2.28. The van der Waals surface area contributed by atoms with Gasteiger partial charge in [-0.2, -0.15) is 0 Å².